The van der Waals surface area contributed by atoms with Crippen molar-refractivity contribution in [3.8, 4) is 5.75 Å². The Morgan fingerprint density at radius 2 is 1.81 bits per heavy atom. The van der Waals surface area contributed by atoms with Crippen LogP contribution in [-0.2, 0) is 0 Å². The van der Waals surface area contributed by atoms with Crippen molar-refractivity contribution in [2.45, 2.75) is 19.8 Å². The minimum atomic E-state index is -0.214. The standard InChI is InChI=1S/C19H27N5O2/c1-6-7-12-26-15-10-8-14(9-11-15)18(25)21-16-13-20-19(24(4)5)22-17(16)23(2)3/h8-11,13H,6-7,12H2,1-5H3,(H,21,25). The van der Waals surface area contributed by atoms with E-state index in [-0.39, 0.29) is 5.91 Å². The monoisotopic (exact) mass is 357 g/mol. The maximum atomic E-state index is 12.5. The smallest absolute Gasteiger partial charge is 0.255 e. The molecule has 1 heterocycles. The Bertz CT molecular complexity index is 729. The molecule has 26 heavy (non-hydrogen) atoms. The second-order valence-corrected chi connectivity index (χ2v) is 6.38. The van der Waals surface area contributed by atoms with E-state index in [1.807, 2.05) is 50.1 Å². The number of nitrogens with zero attached hydrogens (tertiary/aromatic N) is 4. The molecule has 0 radical (unpaired) electrons. The summed E-state index contributed by atoms with van der Waals surface area (Å²) in [7, 11) is 7.49. The van der Waals surface area contributed by atoms with Gasteiger partial charge in [-0.3, -0.25) is 4.79 Å². The molecule has 0 aliphatic heterocycles. The molecule has 1 N–H and O–H groups in total. The van der Waals surface area contributed by atoms with Gasteiger partial charge in [0.15, 0.2) is 5.82 Å². The quantitative estimate of drug-likeness (QED) is 0.732. The first-order valence-electron chi connectivity index (χ1n) is 8.68. The van der Waals surface area contributed by atoms with Gasteiger partial charge in [-0.1, -0.05) is 13.3 Å². The molecule has 7 heteroatoms. The molecule has 1 aromatic heterocycles. The predicted molar refractivity (Wildman–Crippen MR) is 105 cm³/mol. The highest BCUT2D eigenvalue weighted by Crippen LogP contribution is 2.24. The molecule has 0 aliphatic rings. The number of unbranched alkanes of at least 4 members (excludes halogenated alkanes) is 1. The molecule has 7 nitrogen and oxygen atoms in total. The van der Waals surface area contributed by atoms with E-state index in [9.17, 15) is 4.79 Å². The van der Waals surface area contributed by atoms with Crippen LogP contribution in [-0.4, -0.2) is 50.7 Å². The molecule has 1 amide bonds. The van der Waals surface area contributed by atoms with Crippen LogP contribution in [0.3, 0.4) is 0 Å². The zero-order chi connectivity index (χ0) is 19.1. The number of anilines is 3. The van der Waals surface area contributed by atoms with Gasteiger partial charge in [-0.2, -0.15) is 4.98 Å². The first-order chi connectivity index (χ1) is 12.4. The van der Waals surface area contributed by atoms with E-state index in [2.05, 4.69) is 22.2 Å². The molecule has 2 rings (SSSR count). The van der Waals surface area contributed by atoms with E-state index in [0.717, 1.165) is 18.6 Å². The van der Waals surface area contributed by atoms with Crippen molar-refractivity contribution < 1.29 is 9.53 Å². The minimum Gasteiger partial charge on any atom is -0.494 e. The molecule has 0 saturated heterocycles. The fourth-order valence-corrected chi connectivity index (χ4v) is 2.24. The lowest BCUT2D eigenvalue weighted by Crippen LogP contribution is -2.21. The van der Waals surface area contributed by atoms with Crippen LogP contribution in [0.25, 0.3) is 0 Å². The number of amides is 1. The van der Waals surface area contributed by atoms with Crippen LogP contribution in [0.5, 0.6) is 5.75 Å². The van der Waals surface area contributed by atoms with Gasteiger partial charge in [0.25, 0.3) is 5.91 Å². The van der Waals surface area contributed by atoms with E-state index in [0.29, 0.717) is 29.6 Å². The Labute approximate surface area is 155 Å². The normalized spacial score (nSPS) is 10.3. The molecule has 0 spiro atoms. The second kappa shape index (κ2) is 9.03. The Hall–Kier alpha value is -2.83. The van der Waals surface area contributed by atoms with Crippen LogP contribution in [0.15, 0.2) is 30.5 Å². The third-order valence-electron chi connectivity index (χ3n) is 3.71. The fourth-order valence-electron chi connectivity index (χ4n) is 2.24. The average molecular weight is 357 g/mol. The fraction of sp³-hybridized carbons (Fsp3) is 0.421. The highest BCUT2D eigenvalue weighted by Gasteiger charge is 2.14. The number of carbonyl (C=O) groups is 1. The highest BCUT2D eigenvalue weighted by molar-refractivity contribution is 6.05. The summed E-state index contributed by atoms with van der Waals surface area (Å²) in [6.07, 6.45) is 3.72. The van der Waals surface area contributed by atoms with E-state index >= 15 is 0 Å². The van der Waals surface area contributed by atoms with Crippen LogP contribution in [0.2, 0.25) is 0 Å². The molecule has 0 aliphatic carbocycles. The van der Waals surface area contributed by atoms with Crippen LogP contribution in [0, 0.1) is 0 Å². The number of ether oxygens (including phenoxy) is 1. The number of carbonyl (C=O) groups excluding carboxylic acids is 1. The predicted octanol–water partition coefficient (Wildman–Crippen LogP) is 3.04. The summed E-state index contributed by atoms with van der Waals surface area (Å²) in [5.74, 6) is 1.79. The number of hydrogen-bond acceptors (Lipinski definition) is 6. The zero-order valence-electron chi connectivity index (χ0n) is 16.1. The van der Waals surface area contributed by atoms with Crippen LogP contribution < -0.4 is 19.9 Å². The lowest BCUT2D eigenvalue weighted by Gasteiger charge is -2.19. The van der Waals surface area contributed by atoms with E-state index in [1.54, 1.807) is 18.3 Å². The van der Waals surface area contributed by atoms with Crippen molar-refractivity contribution in [3.63, 3.8) is 0 Å². The SMILES string of the molecule is CCCCOc1ccc(C(=O)Nc2cnc(N(C)C)nc2N(C)C)cc1. The maximum absolute atomic E-state index is 12.5. The molecule has 0 unspecified atom stereocenters. The van der Waals surface area contributed by atoms with Gasteiger partial charge in [-0.25, -0.2) is 4.98 Å². The third kappa shape index (κ3) is 5.08. The summed E-state index contributed by atoms with van der Waals surface area (Å²) in [5, 5.41) is 2.88. The highest BCUT2D eigenvalue weighted by atomic mass is 16.5. The largest absolute Gasteiger partial charge is 0.494 e. The molecule has 0 fully saturated rings. The van der Waals surface area contributed by atoms with Crippen molar-refractivity contribution in [2.75, 3.05) is 49.9 Å². The summed E-state index contributed by atoms with van der Waals surface area (Å²) in [6, 6.07) is 7.12. The Kier molecular flexibility index (Phi) is 6.77. The number of hydrogen-bond donors (Lipinski definition) is 1. The third-order valence-corrected chi connectivity index (χ3v) is 3.71. The van der Waals surface area contributed by atoms with E-state index in [4.69, 9.17) is 4.74 Å². The van der Waals surface area contributed by atoms with Crippen molar-refractivity contribution in [1.82, 2.24) is 9.97 Å². The summed E-state index contributed by atoms with van der Waals surface area (Å²) >= 11 is 0. The summed E-state index contributed by atoms with van der Waals surface area (Å²) < 4.78 is 5.62. The molecule has 0 bridgehead atoms. The lowest BCUT2D eigenvalue weighted by molar-refractivity contribution is 0.102. The minimum absolute atomic E-state index is 0.214. The Morgan fingerprint density at radius 1 is 1.12 bits per heavy atom. The molecule has 1 aromatic carbocycles. The number of benzene rings is 1. The zero-order valence-corrected chi connectivity index (χ0v) is 16.1. The van der Waals surface area contributed by atoms with Gasteiger partial charge in [0, 0.05) is 33.8 Å². The van der Waals surface area contributed by atoms with Gasteiger partial charge < -0.3 is 19.9 Å². The maximum Gasteiger partial charge on any atom is 0.255 e. The van der Waals surface area contributed by atoms with Gasteiger partial charge >= 0.3 is 0 Å². The van der Waals surface area contributed by atoms with Gasteiger partial charge in [0.05, 0.1) is 12.8 Å². The van der Waals surface area contributed by atoms with Crippen LogP contribution in [0.1, 0.15) is 30.1 Å². The Morgan fingerprint density at radius 3 is 2.38 bits per heavy atom. The summed E-state index contributed by atoms with van der Waals surface area (Å²) in [5.41, 5.74) is 1.11. The lowest BCUT2D eigenvalue weighted by atomic mass is 10.2. The van der Waals surface area contributed by atoms with Crippen LogP contribution in [0.4, 0.5) is 17.5 Å². The van der Waals surface area contributed by atoms with Gasteiger partial charge in [0.1, 0.15) is 11.4 Å². The molecular weight excluding hydrogens is 330 g/mol. The number of rotatable bonds is 8. The summed E-state index contributed by atoms with van der Waals surface area (Å²) in [4.78, 5) is 25.0. The molecular formula is C19H27N5O2. The van der Waals surface area contributed by atoms with Gasteiger partial charge in [-0.05, 0) is 30.7 Å². The van der Waals surface area contributed by atoms with E-state index in [1.165, 1.54) is 0 Å². The topological polar surface area (TPSA) is 70.6 Å². The first kappa shape index (κ1) is 19.5. The number of aromatic nitrogens is 2. The molecule has 140 valence electrons. The average Bonchev–Trinajstić information content (AvgIpc) is 2.62. The second-order valence-electron chi connectivity index (χ2n) is 6.38. The molecule has 0 atom stereocenters. The van der Waals surface area contributed by atoms with Gasteiger partial charge in [0.2, 0.25) is 5.95 Å². The first-order valence-corrected chi connectivity index (χ1v) is 8.68. The summed E-state index contributed by atoms with van der Waals surface area (Å²) in [6.45, 7) is 2.80. The number of nitrogens with one attached hydrogen (secondary N) is 1. The van der Waals surface area contributed by atoms with Crippen molar-refractivity contribution in [3.05, 3.63) is 36.0 Å². The van der Waals surface area contributed by atoms with Crippen molar-refractivity contribution >= 4 is 23.4 Å². The van der Waals surface area contributed by atoms with Gasteiger partial charge in [-0.15, -0.1) is 0 Å². The Balaban J connectivity index is 2.11. The van der Waals surface area contributed by atoms with Crippen molar-refractivity contribution in [2.24, 2.45) is 0 Å². The van der Waals surface area contributed by atoms with E-state index < -0.39 is 0 Å². The van der Waals surface area contributed by atoms with Crippen LogP contribution >= 0.6 is 0 Å². The molecule has 0 saturated carbocycles. The van der Waals surface area contributed by atoms with Crippen molar-refractivity contribution in [1.29, 1.82) is 0 Å². The molecule has 2 aromatic rings.